The largest absolute Gasteiger partial charge is 0.379 e. The fraction of sp³-hybridized carbons (Fsp3) is 0.812. The summed E-state index contributed by atoms with van der Waals surface area (Å²) in [5.74, 6) is 1.73. The molecule has 1 aromatic rings. The predicted molar refractivity (Wildman–Crippen MR) is 86.1 cm³/mol. The van der Waals surface area contributed by atoms with Gasteiger partial charge >= 0.3 is 6.03 Å². The van der Waals surface area contributed by atoms with Gasteiger partial charge in [0, 0.05) is 20.1 Å². The number of carbonyl (C=O) groups is 1. The minimum absolute atomic E-state index is 0.0545. The van der Waals surface area contributed by atoms with Crippen LogP contribution in [0.25, 0.3) is 0 Å². The smallest absolute Gasteiger partial charge is 0.315 e. The number of nitrogens with one attached hydrogen (secondary N) is 2. The Hall–Kier alpha value is -1.63. The molecule has 128 valence electrons. The Bertz CT molecular complexity index is 545. The zero-order valence-corrected chi connectivity index (χ0v) is 14.0. The fourth-order valence-corrected chi connectivity index (χ4v) is 3.60. The molecule has 0 unspecified atom stereocenters. The van der Waals surface area contributed by atoms with Crippen molar-refractivity contribution in [2.24, 2.45) is 0 Å². The van der Waals surface area contributed by atoms with Gasteiger partial charge in [-0.15, -0.1) is 0 Å². The van der Waals surface area contributed by atoms with Gasteiger partial charge in [0.15, 0.2) is 5.82 Å². The van der Waals surface area contributed by atoms with Gasteiger partial charge in [0.05, 0.1) is 18.2 Å². The van der Waals surface area contributed by atoms with E-state index < -0.39 is 0 Å². The van der Waals surface area contributed by atoms with E-state index in [4.69, 9.17) is 4.74 Å². The first-order chi connectivity index (χ1) is 11.2. The van der Waals surface area contributed by atoms with E-state index in [-0.39, 0.29) is 24.2 Å². The maximum Gasteiger partial charge on any atom is 0.315 e. The van der Waals surface area contributed by atoms with E-state index in [1.807, 2.05) is 11.6 Å². The summed E-state index contributed by atoms with van der Waals surface area (Å²) in [4.78, 5) is 17.0. The normalized spacial score (nSPS) is 27.3. The van der Waals surface area contributed by atoms with Crippen LogP contribution in [0.1, 0.15) is 63.1 Å². The number of methoxy groups -OCH3 is 1. The van der Waals surface area contributed by atoms with Gasteiger partial charge in [-0.1, -0.05) is 19.8 Å². The molecule has 0 bridgehead atoms. The Labute approximate surface area is 137 Å². The summed E-state index contributed by atoms with van der Waals surface area (Å²) in [6, 6.07) is -0.0824. The van der Waals surface area contributed by atoms with Crippen LogP contribution in [0.3, 0.4) is 0 Å². The molecule has 23 heavy (non-hydrogen) atoms. The molecule has 3 rings (SSSR count). The lowest BCUT2D eigenvalue weighted by Gasteiger charge is -2.32. The van der Waals surface area contributed by atoms with E-state index in [1.54, 1.807) is 7.11 Å². The first-order valence-electron chi connectivity index (χ1n) is 8.74. The quantitative estimate of drug-likeness (QED) is 0.888. The molecule has 1 saturated carbocycles. The van der Waals surface area contributed by atoms with Gasteiger partial charge in [-0.25, -0.2) is 14.5 Å². The second kappa shape index (κ2) is 7.29. The van der Waals surface area contributed by atoms with Crippen LogP contribution in [-0.4, -0.2) is 40.1 Å². The van der Waals surface area contributed by atoms with Crippen LogP contribution in [0.15, 0.2) is 0 Å². The molecular formula is C16H27N5O2. The Kier molecular flexibility index (Phi) is 5.15. The van der Waals surface area contributed by atoms with Gasteiger partial charge in [-0.2, -0.15) is 5.10 Å². The molecular weight excluding hydrogens is 294 g/mol. The van der Waals surface area contributed by atoms with Crippen LogP contribution in [0.5, 0.6) is 0 Å². The van der Waals surface area contributed by atoms with Crippen LogP contribution in [0, 0.1) is 0 Å². The standard InChI is InChI=1S/C16H27N5O2/c1-3-14-19-15-12(8-6-10-21(15)20-14)18-16(22)17-11-7-4-5-9-13(11)23-2/h11-13H,3-10H2,1-2H3,(H2,17,18,22)/t11-,12+,13-/m1/s1. The average Bonchev–Trinajstić information content (AvgIpc) is 2.99. The van der Waals surface area contributed by atoms with Crippen molar-refractivity contribution in [1.82, 2.24) is 25.4 Å². The number of urea groups is 1. The van der Waals surface area contributed by atoms with Gasteiger partial charge in [-0.05, 0) is 25.7 Å². The van der Waals surface area contributed by atoms with Crippen LogP contribution in [0.4, 0.5) is 4.79 Å². The third-order valence-electron chi connectivity index (χ3n) is 4.86. The van der Waals surface area contributed by atoms with Crippen molar-refractivity contribution in [3.63, 3.8) is 0 Å². The number of fused-ring (bicyclic) bond motifs is 1. The summed E-state index contributed by atoms with van der Waals surface area (Å²) in [6.45, 7) is 2.93. The highest BCUT2D eigenvalue weighted by Gasteiger charge is 2.29. The molecule has 0 radical (unpaired) electrons. The van der Waals surface area contributed by atoms with Gasteiger partial charge in [0.2, 0.25) is 0 Å². The average molecular weight is 321 g/mol. The van der Waals surface area contributed by atoms with Crippen molar-refractivity contribution in [1.29, 1.82) is 0 Å². The van der Waals surface area contributed by atoms with Crippen molar-refractivity contribution >= 4 is 6.03 Å². The lowest BCUT2D eigenvalue weighted by atomic mass is 9.92. The number of aryl methyl sites for hydroxylation is 2. The molecule has 1 aliphatic heterocycles. The molecule has 2 heterocycles. The van der Waals surface area contributed by atoms with E-state index in [9.17, 15) is 4.79 Å². The first kappa shape index (κ1) is 16.2. The van der Waals surface area contributed by atoms with Crippen molar-refractivity contribution in [2.45, 2.75) is 76.6 Å². The summed E-state index contributed by atoms with van der Waals surface area (Å²) < 4.78 is 7.44. The lowest BCUT2D eigenvalue weighted by molar-refractivity contribution is 0.0450. The van der Waals surface area contributed by atoms with Crippen LogP contribution >= 0.6 is 0 Å². The summed E-state index contributed by atoms with van der Waals surface area (Å²) in [7, 11) is 1.72. The monoisotopic (exact) mass is 321 g/mol. The number of ether oxygens (including phenoxy) is 1. The second-order valence-electron chi connectivity index (χ2n) is 6.44. The third-order valence-corrected chi connectivity index (χ3v) is 4.86. The fourth-order valence-electron chi connectivity index (χ4n) is 3.60. The molecule has 2 amide bonds. The summed E-state index contributed by atoms with van der Waals surface area (Å²) in [6.07, 6.45) is 7.16. The number of aromatic nitrogens is 3. The lowest BCUT2D eigenvalue weighted by Crippen LogP contribution is -2.50. The van der Waals surface area contributed by atoms with Crippen LogP contribution < -0.4 is 10.6 Å². The molecule has 0 spiro atoms. The highest BCUT2D eigenvalue weighted by atomic mass is 16.5. The van der Waals surface area contributed by atoms with Crippen molar-refractivity contribution in [3.8, 4) is 0 Å². The molecule has 0 aromatic carbocycles. The minimum atomic E-state index is -0.126. The SMILES string of the molecule is CCc1nc2n(n1)CCC[C@@H]2NC(=O)N[C@@H]1CCCC[C@H]1OC. The van der Waals surface area contributed by atoms with Gasteiger partial charge in [-0.3, -0.25) is 0 Å². The maximum absolute atomic E-state index is 12.4. The van der Waals surface area contributed by atoms with Crippen molar-refractivity contribution in [3.05, 3.63) is 11.6 Å². The Balaban J connectivity index is 1.61. The second-order valence-corrected chi connectivity index (χ2v) is 6.44. The summed E-state index contributed by atoms with van der Waals surface area (Å²) in [5, 5.41) is 10.6. The Morgan fingerprint density at radius 2 is 2.09 bits per heavy atom. The molecule has 1 aromatic heterocycles. The molecule has 2 aliphatic rings. The van der Waals surface area contributed by atoms with Gasteiger partial charge in [0.1, 0.15) is 5.82 Å². The minimum Gasteiger partial charge on any atom is -0.379 e. The summed E-state index contributed by atoms with van der Waals surface area (Å²) >= 11 is 0. The number of rotatable bonds is 4. The van der Waals surface area contributed by atoms with Crippen molar-refractivity contribution in [2.75, 3.05) is 7.11 Å². The zero-order chi connectivity index (χ0) is 16.2. The number of amides is 2. The molecule has 1 fully saturated rings. The number of carbonyl (C=O) groups excluding carboxylic acids is 1. The van der Waals surface area contributed by atoms with Gasteiger partial charge in [0.25, 0.3) is 0 Å². The first-order valence-corrected chi connectivity index (χ1v) is 8.74. The number of hydrogen-bond donors (Lipinski definition) is 2. The Morgan fingerprint density at radius 1 is 1.26 bits per heavy atom. The molecule has 0 saturated heterocycles. The molecule has 2 N–H and O–H groups in total. The van der Waals surface area contributed by atoms with Crippen LogP contribution in [-0.2, 0) is 17.7 Å². The molecule has 1 aliphatic carbocycles. The third kappa shape index (κ3) is 3.65. The zero-order valence-electron chi connectivity index (χ0n) is 14.0. The van der Waals surface area contributed by atoms with Crippen LogP contribution in [0.2, 0.25) is 0 Å². The highest BCUT2D eigenvalue weighted by molar-refractivity contribution is 5.74. The van der Waals surface area contributed by atoms with E-state index in [2.05, 4.69) is 20.7 Å². The number of nitrogens with zero attached hydrogens (tertiary/aromatic N) is 3. The summed E-state index contributed by atoms with van der Waals surface area (Å²) in [5.41, 5.74) is 0. The molecule has 7 heteroatoms. The molecule has 3 atom stereocenters. The highest BCUT2D eigenvalue weighted by Crippen LogP contribution is 2.24. The number of hydrogen-bond acceptors (Lipinski definition) is 4. The van der Waals surface area contributed by atoms with E-state index in [0.717, 1.165) is 56.7 Å². The molecule has 7 nitrogen and oxygen atoms in total. The Morgan fingerprint density at radius 3 is 2.87 bits per heavy atom. The van der Waals surface area contributed by atoms with E-state index in [0.29, 0.717) is 0 Å². The van der Waals surface area contributed by atoms with Gasteiger partial charge < -0.3 is 15.4 Å². The van der Waals surface area contributed by atoms with E-state index >= 15 is 0 Å². The maximum atomic E-state index is 12.4. The van der Waals surface area contributed by atoms with Crippen molar-refractivity contribution < 1.29 is 9.53 Å². The topological polar surface area (TPSA) is 81.1 Å². The van der Waals surface area contributed by atoms with E-state index in [1.165, 1.54) is 6.42 Å². The predicted octanol–water partition coefficient (Wildman–Crippen LogP) is 1.93.